The van der Waals surface area contributed by atoms with Crippen molar-refractivity contribution in [1.82, 2.24) is 0 Å². The number of hydrogen-bond donors (Lipinski definition) is 1. The Hall–Kier alpha value is -2.01. The van der Waals surface area contributed by atoms with Crippen molar-refractivity contribution < 1.29 is 8.42 Å². The molecule has 4 nitrogen and oxygen atoms in total. The quantitative estimate of drug-likeness (QED) is 0.655. The molecule has 0 bridgehead atoms. The van der Waals surface area contributed by atoms with Crippen LogP contribution < -0.4 is 9.62 Å². The molecule has 1 aliphatic heterocycles. The van der Waals surface area contributed by atoms with Crippen molar-refractivity contribution in [2.45, 2.75) is 71.6 Å². The first-order chi connectivity index (χ1) is 13.9. The molecule has 0 spiro atoms. The fourth-order valence-corrected chi connectivity index (χ4v) is 5.57. The summed E-state index contributed by atoms with van der Waals surface area (Å²) in [5, 5.41) is 0. The highest BCUT2D eigenvalue weighted by atomic mass is 32.2. The maximum absolute atomic E-state index is 13.2. The van der Waals surface area contributed by atoms with Gasteiger partial charge in [0.15, 0.2) is 0 Å². The van der Waals surface area contributed by atoms with E-state index >= 15 is 0 Å². The van der Waals surface area contributed by atoms with Crippen LogP contribution in [0.5, 0.6) is 0 Å². The third-order valence-electron chi connectivity index (χ3n) is 6.30. The zero-order valence-electron chi connectivity index (χ0n) is 19.5. The fraction of sp³-hybridized carbons (Fsp3) is 0.520. The first kappa shape index (κ1) is 22.7. The van der Waals surface area contributed by atoms with Gasteiger partial charge in [0, 0.05) is 18.8 Å². The van der Waals surface area contributed by atoms with Gasteiger partial charge in [0.05, 0.1) is 10.6 Å². The molecule has 30 heavy (non-hydrogen) atoms. The predicted molar refractivity (Wildman–Crippen MR) is 127 cm³/mol. The number of sulfonamides is 1. The molecule has 2 aromatic carbocycles. The lowest BCUT2D eigenvalue weighted by atomic mass is 9.87. The Morgan fingerprint density at radius 1 is 0.967 bits per heavy atom. The minimum atomic E-state index is -3.66. The average molecular weight is 429 g/mol. The summed E-state index contributed by atoms with van der Waals surface area (Å²) in [7, 11) is -3.66. The number of nitrogens with one attached hydrogen (secondary N) is 1. The van der Waals surface area contributed by atoms with E-state index < -0.39 is 10.0 Å². The van der Waals surface area contributed by atoms with E-state index in [-0.39, 0.29) is 5.41 Å². The number of hydrogen-bond acceptors (Lipinski definition) is 3. The first-order valence-corrected chi connectivity index (χ1v) is 12.4. The molecule has 0 aromatic heterocycles. The van der Waals surface area contributed by atoms with E-state index in [1.807, 2.05) is 26.0 Å². The standard InChI is InChI=1S/C25H36N2O2S/c1-17-12-14-27(15-13-17)24-19(3)16-18(2)23(20(24)4)26-30(28,29)22-10-8-21(9-11-22)25(5,6)7/h8-11,16-17,26H,12-15H2,1-7H3. The van der Waals surface area contributed by atoms with Gasteiger partial charge in [-0.05, 0) is 79.3 Å². The Morgan fingerprint density at radius 3 is 2.07 bits per heavy atom. The van der Waals surface area contributed by atoms with Crippen LogP contribution in [-0.2, 0) is 15.4 Å². The van der Waals surface area contributed by atoms with E-state index in [1.54, 1.807) is 12.1 Å². The van der Waals surface area contributed by atoms with Crippen LogP contribution in [0.15, 0.2) is 35.2 Å². The van der Waals surface area contributed by atoms with E-state index in [2.05, 4.69) is 50.3 Å². The third kappa shape index (κ3) is 4.66. The van der Waals surface area contributed by atoms with Crippen LogP contribution in [0.4, 0.5) is 11.4 Å². The van der Waals surface area contributed by atoms with Crippen molar-refractivity contribution in [3.8, 4) is 0 Å². The second kappa shape index (κ2) is 8.26. The topological polar surface area (TPSA) is 49.4 Å². The maximum atomic E-state index is 13.2. The van der Waals surface area contributed by atoms with Gasteiger partial charge in [-0.25, -0.2) is 8.42 Å². The van der Waals surface area contributed by atoms with Crippen molar-refractivity contribution in [3.05, 3.63) is 52.6 Å². The monoisotopic (exact) mass is 428 g/mol. The van der Waals surface area contributed by atoms with Crippen LogP contribution in [0, 0.1) is 26.7 Å². The van der Waals surface area contributed by atoms with Crippen molar-refractivity contribution >= 4 is 21.4 Å². The largest absolute Gasteiger partial charge is 0.371 e. The van der Waals surface area contributed by atoms with Gasteiger partial charge in [-0.15, -0.1) is 0 Å². The van der Waals surface area contributed by atoms with Crippen LogP contribution in [0.3, 0.4) is 0 Å². The van der Waals surface area contributed by atoms with Crippen LogP contribution in [0.1, 0.15) is 62.8 Å². The highest BCUT2D eigenvalue weighted by Crippen LogP contribution is 2.36. The highest BCUT2D eigenvalue weighted by molar-refractivity contribution is 7.92. The lowest BCUT2D eigenvalue weighted by Crippen LogP contribution is -2.34. The smallest absolute Gasteiger partial charge is 0.261 e. The Bertz CT molecular complexity index is 1010. The molecular weight excluding hydrogens is 392 g/mol. The summed E-state index contributed by atoms with van der Waals surface area (Å²) in [5.41, 5.74) is 6.15. The number of piperidine rings is 1. The molecule has 0 saturated carbocycles. The molecule has 1 aliphatic rings. The Morgan fingerprint density at radius 2 is 1.53 bits per heavy atom. The molecule has 2 aromatic rings. The van der Waals surface area contributed by atoms with Crippen LogP contribution in [0.2, 0.25) is 0 Å². The summed E-state index contributed by atoms with van der Waals surface area (Å²) in [6.45, 7) is 16.8. The average Bonchev–Trinajstić information content (AvgIpc) is 2.66. The van der Waals surface area contributed by atoms with Gasteiger partial charge in [0.1, 0.15) is 0 Å². The molecule has 1 saturated heterocycles. The van der Waals surface area contributed by atoms with E-state index in [0.717, 1.165) is 35.7 Å². The van der Waals surface area contributed by atoms with Gasteiger partial charge in [-0.1, -0.05) is 45.9 Å². The van der Waals surface area contributed by atoms with E-state index in [4.69, 9.17) is 0 Å². The molecule has 1 fully saturated rings. The maximum Gasteiger partial charge on any atom is 0.261 e. The summed E-state index contributed by atoms with van der Waals surface area (Å²) < 4.78 is 29.2. The number of anilines is 2. The van der Waals surface area contributed by atoms with Crippen molar-refractivity contribution in [2.75, 3.05) is 22.7 Å². The number of benzene rings is 2. The molecule has 1 N–H and O–H groups in total. The zero-order valence-corrected chi connectivity index (χ0v) is 20.3. The minimum Gasteiger partial charge on any atom is -0.371 e. The third-order valence-corrected chi connectivity index (χ3v) is 7.66. The van der Waals surface area contributed by atoms with Gasteiger partial charge < -0.3 is 4.90 Å². The summed E-state index contributed by atoms with van der Waals surface area (Å²) in [6, 6.07) is 9.32. The normalized spacial score (nSPS) is 16.0. The first-order valence-electron chi connectivity index (χ1n) is 10.9. The van der Waals surface area contributed by atoms with Crippen molar-refractivity contribution in [2.24, 2.45) is 5.92 Å². The second-order valence-electron chi connectivity index (χ2n) is 9.91. The van der Waals surface area contributed by atoms with Gasteiger partial charge >= 0.3 is 0 Å². The predicted octanol–water partition coefficient (Wildman–Crippen LogP) is 5.95. The Labute approximate surface area is 182 Å². The molecule has 0 radical (unpaired) electrons. The molecule has 0 aliphatic carbocycles. The molecule has 1 heterocycles. The second-order valence-corrected chi connectivity index (χ2v) is 11.6. The number of aryl methyl sites for hydroxylation is 2. The number of rotatable bonds is 4. The Balaban J connectivity index is 1.95. The Kier molecular flexibility index (Phi) is 6.24. The highest BCUT2D eigenvalue weighted by Gasteiger charge is 2.24. The van der Waals surface area contributed by atoms with Crippen LogP contribution in [-0.4, -0.2) is 21.5 Å². The van der Waals surface area contributed by atoms with Gasteiger partial charge in [0.2, 0.25) is 0 Å². The number of nitrogens with zero attached hydrogens (tertiary/aromatic N) is 1. The zero-order chi connectivity index (χ0) is 22.3. The summed E-state index contributed by atoms with van der Waals surface area (Å²) >= 11 is 0. The van der Waals surface area contributed by atoms with Gasteiger partial charge in [-0.3, -0.25) is 4.72 Å². The molecular formula is C25H36N2O2S. The molecule has 0 amide bonds. The van der Waals surface area contributed by atoms with E-state index in [0.29, 0.717) is 10.6 Å². The molecule has 164 valence electrons. The molecule has 0 unspecified atom stereocenters. The molecule has 0 atom stereocenters. The van der Waals surface area contributed by atoms with E-state index in [1.165, 1.54) is 24.1 Å². The minimum absolute atomic E-state index is 0.0132. The van der Waals surface area contributed by atoms with Crippen molar-refractivity contribution in [1.29, 1.82) is 0 Å². The van der Waals surface area contributed by atoms with Crippen LogP contribution >= 0.6 is 0 Å². The van der Waals surface area contributed by atoms with Crippen LogP contribution in [0.25, 0.3) is 0 Å². The van der Waals surface area contributed by atoms with Crippen molar-refractivity contribution in [3.63, 3.8) is 0 Å². The lowest BCUT2D eigenvalue weighted by molar-refractivity contribution is 0.438. The SMILES string of the molecule is Cc1cc(C)c(N2CCC(C)CC2)c(C)c1NS(=O)(=O)c1ccc(C(C)(C)C)cc1. The summed E-state index contributed by atoms with van der Waals surface area (Å²) in [6.07, 6.45) is 2.35. The summed E-state index contributed by atoms with van der Waals surface area (Å²) in [4.78, 5) is 2.71. The van der Waals surface area contributed by atoms with Gasteiger partial charge in [-0.2, -0.15) is 0 Å². The fourth-order valence-electron chi connectivity index (χ4n) is 4.38. The van der Waals surface area contributed by atoms with E-state index in [9.17, 15) is 8.42 Å². The lowest BCUT2D eigenvalue weighted by Gasteiger charge is -2.35. The molecule has 3 rings (SSSR count). The molecule has 5 heteroatoms. The summed E-state index contributed by atoms with van der Waals surface area (Å²) in [5.74, 6) is 0.751. The van der Waals surface area contributed by atoms with Gasteiger partial charge in [0.25, 0.3) is 10.0 Å².